The van der Waals surface area contributed by atoms with Gasteiger partial charge in [0.05, 0.1) is 0 Å². The molecule has 0 aliphatic heterocycles. The van der Waals surface area contributed by atoms with E-state index in [1.165, 1.54) is 5.56 Å². The van der Waals surface area contributed by atoms with E-state index in [0.29, 0.717) is 21.7 Å². The lowest BCUT2D eigenvalue weighted by Crippen LogP contribution is -2.00. The normalized spacial score (nSPS) is 11.3. The van der Waals surface area contributed by atoms with Crippen molar-refractivity contribution in [2.45, 2.75) is 44.1 Å². The van der Waals surface area contributed by atoms with Crippen molar-refractivity contribution in [3.8, 4) is 11.4 Å². The largest absolute Gasteiger partial charge is 0.302 e. The number of hydrogen-bond donors (Lipinski definition) is 0. The molecule has 0 saturated carbocycles. The topological polar surface area (TPSA) is 30.7 Å². The molecule has 0 unspecified atom stereocenters. The summed E-state index contributed by atoms with van der Waals surface area (Å²) < 4.78 is 2.12. The Morgan fingerprint density at radius 3 is 2.23 bits per heavy atom. The van der Waals surface area contributed by atoms with E-state index in [0.717, 1.165) is 28.7 Å². The van der Waals surface area contributed by atoms with Crippen molar-refractivity contribution in [2.24, 2.45) is 0 Å². The van der Waals surface area contributed by atoms with E-state index in [-0.39, 0.29) is 0 Å². The quantitative estimate of drug-likeness (QED) is 0.428. The third-order valence-electron chi connectivity index (χ3n) is 4.28. The highest BCUT2D eigenvalue weighted by atomic mass is 35.5. The van der Waals surface area contributed by atoms with Crippen molar-refractivity contribution in [3.05, 3.63) is 63.6 Å². The molecule has 0 aliphatic rings. The molecule has 0 amide bonds. The van der Waals surface area contributed by atoms with Crippen molar-refractivity contribution in [2.75, 3.05) is 0 Å². The summed E-state index contributed by atoms with van der Waals surface area (Å²) in [5.74, 6) is 2.05. The Balaban J connectivity index is 1.84. The fraction of sp³-hybridized carbons (Fsp3) is 0.300. The molecule has 6 heteroatoms. The van der Waals surface area contributed by atoms with E-state index in [1.807, 2.05) is 18.2 Å². The molecule has 0 aliphatic carbocycles. The predicted molar refractivity (Wildman–Crippen MR) is 111 cm³/mol. The van der Waals surface area contributed by atoms with Gasteiger partial charge in [-0.3, -0.25) is 0 Å². The second-order valence-electron chi connectivity index (χ2n) is 6.32. The summed E-state index contributed by atoms with van der Waals surface area (Å²) in [4.78, 5) is 0. The highest BCUT2D eigenvalue weighted by molar-refractivity contribution is 7.98. The Morgan fingerprint density at radius 2 is 1.65 bits per heavy atom. The minimum absolute atomic E-state index is 0.514. The van der Waals surface area contributed by atoms with Crippen molar-refractivity contribution in [3.63, 3.8) is 0 Å². The van der Waals surface area contributed by atoms with Crippen LogP contribution in [0.2, 0.25) is 10.0 Å². The lowest BCUT2D eigenvalue weighted by Gasteiger charge is -2.10. The smallest absolute Gasteiger partial charge is 0.191 e. The maximum absolute atomic E-state index is 6.27. The standard InChI is InChI=1S/C20H21Cl2N3S/c1-4-25-19(15-10-8-14(9-11-15)13(2)3)23-24-20(25)26-12-16-17(21)6-5-7-18(16)22/h5-11,13H,4,12H2,1-3H3. The molecule has 2 aromatic carbocycles. The molecule has 3 rings (SSSR count). The molecule has 0 saturated heterocycles. The first-order chi connectivity index (χ1) is 12.5. The second kappa shape index (κ2) is 8.47. The van der Waals surface area contributed by atoms with Crippen molar-refractivity contribution in [1.82, 2.24) is 14.8 Å². The van der Waals surface area contributed by atoms with E-state index in [1.54, 1.807) is 11.8 Å². The van der Waals surface area contributed by atoms with Crippen molar-refractivity contribution in [1.29, 1.82) is 0 Å². The first-order valence-electron chi connectivity index (χ1n) is 8.60. The summed E-state index contributed by atoms with van der Waals surface area (Å²) in [6.45, 7) is 7.28. The Kier molecular flexibility index (Phi) is 6.28. The SMILES string of the molecule is CCn1c(SCc2c(Cl)cccc2Cl)nnc1-c1ccc(C(C)C)cc1. The van der Waals surface area contributed by atoms with Gasteiger partial charge >= 0.3 is 0 Å². The van der Waals surface area contributed by atoms with Gasteiger partial charge in [0, 0.05) is 27.9 Å². The Morgan fingerprint density at radius 1 is 1.00 bits per heavy atom. The van der Waals surface area contributed by atoms with Crippen LogP contribution in [0, 0.1) is 0 Å². The fourth-order valence-corrected chi connectivity index (χ4v) is 4.46. The minimum atomic E-state index is 0.514. The van der Waals surface area contributed by atoms with Gasteiger partial charge in [0.15, 0.2) is 11.0 Å². The van der Waals surface area contributed by atoms with E-state index >= 15 is 0 Å². The molecule has 0 radical (unpaired) electrons. The van der Waals surface area contributed by atoms with E-state index in [2.05, 4.69) is 59.8 Å². The summed E-state index contributed by atoms with van der Waals surface area (Å²) >= 11 is 14.1. The molecule has 1 aromatic heterocycles. The highest BCUT2D eigenvalue weighted by Crippen LogP contribution is 2.32. The van der Waals surface area contributed by atoms with Crippen LogP contribution in [0.3, 0.4) is 0 Å². The zero-order valence-electron chi connectivity index (χ0n) is 15.0. The lowest BCUT2D eigenvalue weighted by atomic mass is 10.0. The fourth-order valence-electron chi connectivity index (χ4n) is 2.72. The van der Waals surface area contributed by atoms with Crippen molar-refractivity contribution < 1.29 is 0 Å². The molecule has 3 aromatic rings. The van der Waals surface area contributed by atoms with Gasteiger partial charge in [-0.2, -0.15) is 0 Å². The van der Waals surface area contributed by atoms with Gasteiger partial charge in [0.2, 0.25) is 0 Å². The third-order valence-corrected chi connectivity index (χ3v) is 5.98. The van der Waals surface area contributed by atoms with Crippen LogP contribution < -0.4 is 0 Å². The zero-order chi connectivity index (χ0) is 18.7. The zero-order valence-corrected chi connectivity index (χ0v) is 17.4. The molecule has 0 spiro atoms. The number of benzene rings is 2. The number of halogens is 2. The maximum Gasteiger partial charge on any atom is 0.191 e. The molecule has 1 heterocycles. The number of rotatable bonds is 6. The molecule has 136 valence electrons. The molecule has 0 bridgehead atoms. The van der Waals surface area contributed by atoms with Gasteiger partial charge in [-0.05, 0) is 36.1 Å². The van der Waals surface area contributed by atoms with Gasteiger partial charge in [0.1, 0.15) is 0 Å². The van der Waals surface area contributed by atoms with Crippen LogP contribution in [0.5, 0.6) is 0 Å². The number of thioether (sulfide) groups is 1. The average Bonchev–Trinajstić information content (AvgIpc) is 3.04. The Labute approximate surface area is 168 Å². The number of hydrogen-bond acceptors (Lipinski definition) is 3. The summed E-state index contributed by atoms with van der Waals surface area (Å²) in [5.41, 5.74) is 3.32. The van der Waals surface area contributed by atoms with Gasteiger partial charge < -0.3 is 4.57 Å². The summed E-state index contributed by atoms with van der Waals surface area (Å²) in [6.07, 6.45) is 0. The molecule has 0 atom stereocenters. The van der Waals surface area contributed by atoms with Crippen LogP contribution in [0.4, 0.5) is 0 Å². The molecule has 3 nitrogen and oxygen atoms in total. The lowest BCUT2D eigenvalue weighted by molar-refractivity contribution is 0.687. The highest BCUT2D eigenvalue weighted by Gasteiger charge is 2.15. The second-order valence-corrected chi connectivity index (χ2v) is 8.07. The van der Waals surface area contributed by atoms with Crippen LogP contribution >= 0.6 is 35.0 Å². The molecule has 0 N–H and O–H groups in total. The monoisotopic (exact) mass is 405 g/mol. The first kappa shape index (κ1) is 19.3. The van der Waals surface area contributed by atoms with E-state index in [9.17, 15) is 0 Å². The molecule has 26 heavy (non-hydrogen) atoms. The summed E-state index contributed by atoms with van der Waals surface area (Å²) in [5, 5.41) is 11.0. The van der Waals surface area contributed by atoms with Crippen LogP contribution in [-0.4, -0.2) is 14.8 Å². The van der Waals surface area contributed by atoms with Gasteiger partial charge in [-0.25, -0.2) is 0 Å². The Hall–Kier alpha value is -1.49. The maximum atomic E-state index is 6.27. The Bertz CT molecular complexity index is 868. The predicted octanol–water partition coefficient (Wildman–Crippen LogP) is 6.69. The molecule has 0 fully saturated rings. The van der Waals surface area contributed by atoms with Gasteiger partial charge in [0.25, 0.3) is 0 Å². The van der Waals surface area contributed by atoms with E-state index < -0.39 is 0 Å². The molecular weight excluding hydrogens is 385 g/mol. The molecular formula is C20H21Cl2N3S. The summed E-state index contributed by atoms with van der Waals surface area (Å²) in [7, 11) is 0. The van der Waals surface area contributed by atoms with Crippen molar-refractivity contribution >= 4 is 35.0 Å². The van der Waals surface area contributed by atoms with Crippen LogP contribution in [0.15, 0.2) is 47.6 Å². The van der Waals surface area contributed by atoms with E-state index in [4.69, 9.17) is 23.2 Å². The number of nitrogens with zero attached hydrogens (tertiary/aromatic N) is 3. The van der Waals surface area contributed by atoms with Crippen LogP contribution in [0.25, 0.3) is 11.4 Å². The minimum Gasteiger partial charge on any atom is -0.302 e. The first-order valence-corrected chi connectivity index (χ1v) is 10.3. The van der Waals surface area contributed by atoms with Gasteiger partial charge in [-0.15, -0.1) is 10.2 Å². The average molecular weight is 406 g/mol. The van der Waals surface area contributed by atoms with Gasteiger partial charge in [-0.1, -0.05) is 79.1 Å². The summed E-state index contributed by atoms with van der Waals surface area (Å²) in [6, 6.07) is 14.1. The number of aromatic nitrogens is 3. The third kappa shape index (κ3) is 4.08. The van der Waals surface area contributed by atoms with Crippen LogP contribution in [-0.2, 0) is 12.3 Å². The van der Waals surface area contributed by atoms with Crippen LogP contribution in [0.1, 0.15) is 37.8 Å².